The Labute approximate surface area is 166 Å². The predicted octanol–water partition coefficient (Wildman–Crippen LogP) is 3.70. The highest BCUT2D eigenvalue weighted by Gasteiger charge is 2.17. The highest BCUT2D eigenvalue weighted by Crippen LogP contribution is 2.25. The molecule has 0 atom stereocenters. The lowest BCUT2D eigenvalue weighted by Gasteiger charge is -2.09. The van der Waals surface area contributed by atoms with Crippen LogP contribution in [0, 0.1) is 6.92 Å². The minimum Gasteiger partial charge on any atom is -0.311 e. The molecule has 0 saturated heterocycles. The van der Waals surface area contributed by atoms with E-state index in [0.717, 1.165) is 17.8 Å². The van der Waals surface area contributed by atoms with Gasteiger partial charge in [-0.25, -0.2) is 14.6 Å². The summed E-state index contributed by atoms with van der Waals surface area (Å²) in [6.45, 7) is 3.82. The minimum absolute atomic E-state index is 0.0661. The third-order valence-electron chi connectivity index (χ3n) is 4.17. The molecule has 1 N–H and O–H groups in total. The zero-order valence-corrected chi connectivity index (χ0v) is 16.2. The Balaban J connectivity index is 1.82. The van der Waals surface area contributed by atoms with Gasteiger partial charge in [-0.15, -0.1) is 0 Å². The topological polar surface area (TPSA) is 90.5 Å². The van der Waals surface area contributed by atoms with Crippen LogP contribution in [0.3, 0.4) is 0 Å². The molecular formula is C19H18ClN7O. The Morgan fingerprint density at radius 1 is 1.21 bits per heavy atom. The molecule has 28 heavy (non-hydrogen) atoms. The van der Waals surface area contributed by atoms with E-state index >= 15 is 0 Å². The average molecular weight is 396 g/mol. The van der Waals surface area contributed by atoms with Crippen LogP contribution >= 0.6 is 11.6 Å². The summed E-state index contributed by atoms with van der Waals surface area (Å²) in [4.78, 5) is 20.8. The zero-order chi connectivity index (χ0) is 19.7. The summed E-state index contributed by atoms with van der Waals surface area (Å²) in [6, 6.07) is 9.17. The summed E-state index contributed by atoms with van der Waals surface area (Å²) in [5, 5.41) is 13.2. The van der Waals surface area contributed by atoms with Gasteiger partial charge in [-0.3, -0.25) is 4.79 Å². The molecule has 0 aliphatic heterocycles. The van der Waals surface area contributed by atoms with Gasteiger partial charge in [0.1, 0.15) is 12.1 Å². The number of aromatic nitrogens is 6. The standard InChI is InChI=1S/C19H18ClN7O/c1-3-5-17(28)24-16-8-12(2)25-27(16)19-15-10-23-26(18(15)21-11-22-19)14-7-4-6-13(20)9-14/h4,6-11H,3,5H2,1-2H3,(H,24,28). The number of anilines is 1. The van der Waals surface area contributed by atoms with Crippen LogP contribution in [0.25, 0.3) is 22.5 Å². The number of hydrogen-bond donors (Lipinski definition) is 1. The largest absolute Gasteiger partial charge is 0.311 e. The second-order valence-corrected chi connectivity index (χ2v) is 6.79. The molecule has 1 amide bonds. The van der Waals surface area contributed by atoms with Crippen molar-refractivity contribution in [3.63, 3.8) is 0 Å². The lowest BCUT2D eigenvalue weighted by atomic mass is 10.3. The maximum Gasteiger partial charge on any atom is 0.225 e. The molecule has 9 heteroatoms. The van der Waals surface area contributed by atoms with Crippen LogP contribution in [0.1, 0.15) is 25.5 Å². The number of benzene rings is 1. The molecule has 0 saturated carbocycles. The summed E-state index contributed by atoms with van der Waals surface area (Å²) >= 11 is 6.11. The number of carbonyl (C=O) groups is 1. The normalized spacial score (nSPS) is 11.1. The third-order valence-corrected chi connectivity index (χ3v) is 4.41. The Bertz CT molecular complexity index is 1160. The van der Waals surface area contributed by atoms with Gasteiger partial charge in [0, 0.05) is 17.5 Å². The van der Waals surface area contributed by atoms with Gasteiger partial charge in [-0.2, -0.15) is 14.9 Å². The van der Waals surface area contributed by atoms with Gasteiger partial charge in [-0.05, 0) is 31.5 Å². The van der Waals surface area contributed by atoms with Gasteiger partial charge in [0.05, 0.1) is 23.0 Å². The van der Waals surface area contributed by atoms with E-state index in [0.29, 0.717) is 34.1 Å². The number of hydrogen-bond acceptors (Lipinski definition) is 5. The monoisotopic (exact) mass is 395 g/mol. The van der Waals surface area contributed by atoms with Crippen molar-refractivity contribution in [3.8, 4) is 11.5 Å². The fraction of sp³-hybridized carbons (Fsp3) is 0.211. The average Bonchev–Trinajstić information content (AvgIpc) is 3.25. The molecule has 1 aromatic carbocycles. The van der Waals surface area contributed by atoms with Crippen LogP contribution in [-0.2, 0) is 4.79 Å². The van der Waals surface area contributed by atoms with E-state index in [9.17, 15) is 4.79 Å². The van der Waals surface area contributed by atoms with E-state index in [1.165, 1.54) is 6.33 Å². The van der Waals surface area contributed by atoms with Crippen LogP contribution in [0.4, 0.5) is 5.82 Å². The van der Waals surface area contributed by atoms with Crippen molar-refractivity contribution < 1.29 is 4.79 Å². The highest BCUT2D eigenvalue weighted by atomic mass is 35.5. The molecule has 0 radical (unpaired) electrons. The predicted molar refractivity (Wildman–Crippen MR) is 107 cm³/mol. The molecule has 3 aromatic heterocycles. The Morgan fingerprint density at radius 2 is 2.07 bits per heavy atom. The first-order valence-corrected chi connectivity index (χ1v) is 9.26. The quantitative estimate of drug-likeness (QED) is 0.556. The minimum atomic E-state index is -0.0661. The van der Waals surface area contributed by atoms with Gasteiger partial charge in [0.15, 0.2) is 11.5 Å². The number of aryl methyl sites for hydroxylation is 1. The van der Waals surface area contributed by atoms with E-state index < -0.39 is 0 Å². The molecule has 8 nitrogen and oxygen atoms in total. The van der Waals surface area contributed by atoms with Crippen molar-refractivity contribution in [2.24, 2.45) is 0 Å². The van der Waals surface area contributed by atoms with E-state index in [-0.39, 0.29) is 5.91 Å². The third kappa shape index (κ3) is 3.34. The van der Waals surface area contributed by atoms with Crippen molar-refractivity contribution >= 4 is 34.4 Å². The summed E-state index contributed by atoms with van der Waals surface area (Å²) in [5.41, 5.74) is 2.17. The fourth-order valence-electron chi connectivity index (χ4n) is 2.98. The van der Waals surface area contributed by atoms with E-state index in [4.69, 9.17) is 11.6 Å². The van der Waals surface area contributed by atoms with Gasteiger partial charge < -0.3 is 5.32 Å². The van der Waals surface area contributed by atoms with Gasteiger partial charge in [0.2, 0.25) is 5.91 Å². The molecule has 0 bridgehead atoms. The molecule has 4 rings (SSSR count). The number of amides is 1. The first-order valence-electron chi connectivity index (χ1n) is 8.88. The number of rotatable bonds is 5. The number of nitrogens with one attached hydrogen (secondary N) is 1. The number of fused-ring (bicyclic) bond motifs is 1. The van der Waals surface area contributed by atoms with Crippen LogP contribution in [0.5, 0.6) is 0 Å². The summed E-state index contributed by atoms with van der Waals surface area (Å²) in [7, 11) is 0. The number of halogens is 1. The molecule has 142 valence electrons. The van der Waals surface area contributed by atoms with Crippen LogP contribution in [0.2, 0.25) is 5.02 Å². The highest BCUT2D eigenvalue weighted by molar-refractivity contribution is 6.30. The second-order valence-electron chi connectivity index (χ2n) is 6.35. The summed E-state index contributed by atoms with van der Waals surface area (Å²) in [5.74, 6) is 1.04. The van der Waals surface area contributed by atoms with Crippen molar-refractivity contribution in [2.45, 2.75) is 26.7 Å². The first-order chi connectivity index (χ1) is 13.6. The fourth-order valence-corrected chi connectivity index (χ4v) is 3.16. The smallest absolute Gasteiger partial charge is 0.225 e. The van der Waals surface area contributed by atoms with Crippen LogP contribution in [0.15, 0.2) is 42.9 Å². The first kappa shape index (κ1) is 18.1. The second kappa shape index (κ2) is 7.40. The zero-order valence-electron chi connectivity index (χ0n) is 15.4. The SMILES string of the molecule is CCCC(=O)Nc1cc(C)nn1-c1ncnc2c1cnn2-c1cccc(Cl)c1. The van der Waals surface area contributed by atoms with Crippen LogP contribution in [-0.4, -0.2) is 35.4 Å². The Kier molecular flexibility index (Phi) is 4.79. The van der Waals surface area contributed by atoms with Gasteiger partial charge in [-0.1, -0.05) is 24.6 Å². The number of carbonyl (C=O) groups excluding carboxylic acids is 1. The molecule has 0 fully saturated rings. The summed E-state index contributed by atoms with van der Waals surface area (Å²) in [6.07, 6.45) is 4.34. The lowest BCUT2D eigenvalue weighted by molar-refractivity contribution is -0.116. The van der Waals surface area contributed by atoms with Gasteiger partial charge >= 0.3 is 0 Å². The molecule has 0 aliphatic carbocycles. The van der Waals surface area contributed by atoms with Crippen molar-refractivity contribution in [1.29, 1.82) is 0 Å². The summed E-state index contributed by atoms with van der Waals surface area (Å²) < 4.78 is 3.30. The maximum atomic E-state index is 12.1. The Hall–Kier alpha value is -3.26. The van der Waals surface area contributed by atoms with Gasteiger partial charge in [0.25, 0.3) is 0 Å². The van der Waals surface area contributed by atoms with E-state index in [1.54, 1.807) is 21.6 Å². The Morgan fingerprint density at radius 3 is 2.86 bits per heavy atom. The van der Waals surface area contributed by atoms with Crippen LogP contribution < -0.4 is 5.32 Å². The van der Waals surface area contributed by atoms with Crippen molar-refractivity contribution in [1.82, 2.24) is 29.5 Å². The molecule has 0 spiro atoms. The maximum absolute atomic E-state index is 12.1. The molecule has 0 aliphatic rings. The molecule has 4 aromatic rings. The van der Waals surface area contributed by atoms with E-state index in [1.807, 2.05) is 38.1 Å². The van der Waals surface area contributed by atoms with E-state index in [2.05, 4.69) is 25.5 Å². The molecule has 3 heterocycles. The number of nitrogens with zero attached hydrogens (tertiary/aromatic N) is 6. The lowest BCUT2D eigenvalue weighted by Crippen LogP contribution is -2.15. The van der Waals surface area contributed by atoms with Crippen molar-refractivity contribution in [3.05, 3.63) is 53.6 Å². The molecule has 0 unspecified atom stereocenters. The molecular weight excluding hydrogens is 378 g/mol. The van der Waals surface area contributed by atoms with Crippen molar-refractivity contribution in [2.75, 3.05) is 5.32 Å².